The van der Waals surface area contributed by atoms with Gasteiger partial charge in [-0.2, -0.15) is 0 Å². The Morgan fingerprint density at radius 2 is 2.19 bits per heavy atom. The smallest absolute Gasteiger partial charge is 0.239 e. The predicted octanol–water partition coefficient (Wildman–Crippen LogP) is 1.34. The summed E-state index contributed by atoms with van der Waals surface area (Å²) in [5, 5.41) is 2.77. The molecule has 1 aliphatic heterocycles. The summed E-state index contributed by atoms with van der Waals surface area (Å²) in [6.07, 6.45) is 1.64. The summed E-state index contributed by atoms with van der Waals surface area (Å²) in [7, 11) is 0. The zero-order valence-corrected chi connectivity index (χ0v) is 13.8. The van der Waals surface area contributed by atoms with E-state index in [2.05, 4.69) is 31.1 Å². The van der Waals surface area contributed by atoms with Gasteiger partial charge in [0.15, 0.2) is 0 Å². The van der Waals surface area contributed by atoms with Crippen molar-refractivity contribution in [1.29, 1.82) is 0 Å². The summed E-state index contributed by atoms with van der Waals surface area (Å²) in [6, 6.07) is 3.71. The highest BCUT2D eigenvalue weighted by molar-refractivity contribution is 9.10. The van der Waals surface area contributed by atoms with Crippen LogP contribution in [0.4, 0.5) is 5.82 Å². The molecule has 1 saturated heterocycles. The van der Waals surface area contributed by atoms with Crippen molar-refractivity contribution in [3.63, 3.8) is 0 Å². The number of hydrogen-bond donors (Lipinski definition) is 1. The van der Waals surface area contributed by atoms with Gasteiger partial charge < -0.3 is 10.2 Å². The Kier molecular flexibility index (Phi) is 5.30. The highest BCUT2D eigenvalue weighted by Crippen LogP contribution is 2.12. The highest BCUT2D eigenvalue weighted by atomic mass is 79.9. The fourth-order valence-electron chi connectivity index (χ4n) is 2.48. The number of carbonyl (C=O) groups is 2. The van der Waals surface area contributed by atoms with Crippen LogP contribution in [0.2, 0.25) is 0 Å². The lowest BCUT2D eigenvalue weighted by atomic mass is 10.2. The summed E-state index contributed by atoms with van der Waals surface area (Å²) in [4.78, 5) is 31.4. The number of nitrogens with zero attached hydrogens (tertiary/aromatic N) is 3. The van der Waals surface area contributed by atoms with Gasteiger partial charge in [-0.1, -0.05) is 0 Å². The number of amides is 2. The molecule has 2 amide bonds. The van der Waals surface area contributed by atoms with E-state index in [9.17, 15) is 9.59 Å². The van der Waals surface area contributed by atoms with Crippen LogP contribution in [0.1, 0.15) is 13.8 Å². The van der Waals surface area contributed by atoms with Crippen LogP contribution in [0.25, 0.3) is 0 Å². The molecule has 6 nitrogen and oxygen atoms in total. The number of carbonyl (C=O) groups excluding carboxylic acids is 2. The van der Waals surface area contributed by atoms with Gasteiger partial charge >= 0.3 is 0 Å². The number of nitrogens with one attached hydrogen (secondary N) is 1. The Bertz CT molecular complexity index is 520. The molecule has 0 unspecified atom stereocenters. The molecule has 21 heavy (non-hydrogen) atoms. The Morgan fingerprint density at radius 3 is 2.76 bits per heavy atom. The van der Waals surface area contributed by atoms with E-state index in [1.807, 2.05) is 17.9 Å². The minimum absolute atomic E-state index is 0.0886. The van der Waals surface area contributed by atoms with Gasteiger partial charge in [-0.05, 0) is 35.0 Å². The van der Waals surface area contributed by atoms with Crippen LogP contribution in [0.5, 0.6) is 0 Å². The predicted molar refractivity (Wildman–Crippen MR) is 83.9 cm³/mol. The topological polar surface area (TPSA) is 65.5 Å². The maximum absolute atomic E-state index is 12.0. The lowest BCUT2D eigenvalue weighted by Crippen LogP contribution is -2.54. The standard InChI is InChI=1S/C14H19BrN4O2/c1-10-8-18(5-6-19(10)11(2)20)9-14(21)17-13-4-3-12(15)7-16-13/h3-4,7,10H,5-6,8-9H2,1-2H3,(H,16,17,21)/t10-/m1/s1. The van der Waals surface area contributed by atoms with Gasteiger partial charge in [0.05, 0.1) is 6.54 Å². The highest BCUT2D eigenvalue weighted by Gasteiger charge is 2.26. The fraction of sp³-hybridized carbons (Fsp3) is 0.500. The SMILES string of the molecule is CC(=O)N1CCN(CC(=O)Nc2ccc(Br)cn2)C[C@H]1C. The van der Waals surface area contributed by atoms with Crippen LogP contribution in [0.15, 0.2) is 22.8 Å². The summed E-state index contributed by atoms with van der Waals surface area (Å²) in [6.45, 7) is 5.99. The van der Waals surface area contributed by atoms with Crippen molar-refractivity contribution in [2.75, 3.05) is 31.5 Å². The quantitative estimate of drug-likeness (QED) is 0.889. The van der Waals surface area contributed by atoms with E-state index in [1.165, 1.54) is 0 Å². The number of piperazine rings is 1. The number of anilines is 1. The van der Waals surface area contributed by atoms with Crippen molar-refractivity contribution in [2.45, 2.75) is 19.9 Å². The van der Waals surface area contributed by atoms with Crippen molar-refractivity contribution in [1.82, 2.24) is 14.8 Å². The molecule has 0 bridgehead atoms. The van der Waals surface area contributed by atoms with Gasteiger partial charge in [0.1, 0.15) is 5.82 Å². The summed E-state index contributed by atoms with van der Waals surface area (Å²) >= 11 is 3.30. The zero-order valence-electron chi connectivity index (χ0n) is 12.2. The number of aromatic nitrogens is 1. The Morgan fingerprint density at radius 1 is 1.43 bits per heavy atom. The first-order valence-electron chi connectivity index (χ1n) is 6.86. The minimum atomic E-state index is -0.0895. The molecule has 0 aliphatic carbocycles. The van der Waals surface area contributed by atoms with Gasteiger partial charge in [-0.3, -0.25) is 14.5 Å². The van der Waals surface area contributed by atoms with E-state index >= 15 is 0 Å². The second-order valence-corrected chi connectivity index (χ2v) is 6.12. The molecule has 0 aromatic carbocycles. The van der Waals surface area contributed by atoms with Gasteiger partial charge in [-0.25, -0.2) is 4.98 Å². The first-order chi connectivity index (χ1) is 9.95. The lowest BCUT2D eigenvalue weighted by molar-refractivity contribution is -0.133. The normalized spacial score (nSPS) is 19.4. The summed E-state index contributed by atoms with van der Waals surface area (Å²) in [5.41, 5.74) is 0. The van der Waals surface area contributed by atoms with Gasteiger partial charge in [0.25, 0.3) is 0 Å². The minimum Gasteiger partial charge on any atom is -0.338 e. The average Bonchev–Trinajstić information content (AvgIpc) is 2.41. The molecule has 7 heteroatoms. The number of rotatable bonds is 3. The molecule has 1 aromatic rings. The first-order valence-corrected chi connectivity index (χ1v) is 7.66. The van der Waals surface area contributed by atoms with E-state index in [1.54, 1.807) is 19.2 Å². The van der Waals surface area contributed by atoms with Crippen LogP contribution in [0.3, 0.4) is 0 Å². The zero-order chi connectivity index (χ0) is 15.4. The molecule has 1 atom stereocenters. The van der Waals surface area contributed by atoms with E-state index in [0.717, 1.165) is 4.47 Å². The van der Waals surface area contributed by atoms with E-state index < -0.39 is 0 Å². The molecule has 0 radical (unpaired) electrons. The summed E-state index contributed by atoms with van der Waals surface area (Å²) in [5.74, 6) is 0.539. The third-order valence-corrected chi connectivity index (χ3v) is 3.95. The van der Waals surface area contributed by atoms with E-state index in [-0.39, 0.29) is 17.9 Å². The van der Waals surface area contributed by atoms with Gasteiger partial charge in [-0.15, -0.1) is 0 Å². The molecule has 114 valence electrons. The molecule has 0 spiro atoms. The van der Waals surface area contributed by atoms with Crippen LogP contribution in [-0.4, -0.2) is 58.8 Å². The molecule has 1 aromatic heterocycles. The van der Waals surface area contributed by atoms with Crippen LogP contribution >= 0.6 is 15.9 Å². The number of halogens is 1. The fourth-order valence-corrected chi connectivity index (χ4v) is 2.71. The van der Waals surface area contributed by atoms with E-state index in [4.69, 9.17) is 0 Å². The van der Waals surface area contributed by atoms with Crippen LogP contribution in [-0.2, 0) is 9.59 Å². The molecule has 1 fully saturated rings. The summed E-state index contributed by atoms with van der Waals surface area (Å²) < 4.78 is 0.870. The Labute approximate surface area is 132 Å². The molecule has 1 N–H and O–H groups in total. The number of hydrogen-bond acceptors (Lipinski definition) is 4. The average molecular weight is 355 g/mol. The van der Waals surface area contributed by atoms with Crippen molar-refractivity contribution in [2.24, 2.45) is 0 Å². The molecule has 1 aliphatic rings. The van der Waals surface area contributed by atoms with Crippen molar-refractivity contribution < 1.29 is 9.59 Å². The monoisotopic (exact) mass is 354 g/mol. The Hall–Kier alpha value is -1.47. The Balaban J connectivity index is 1.83. The maximum atomic E-state index is 12.0. The third-order valence-electron chi connectivity index (χ3n) is 3.48. The molecule has 0 saturated carbocycles. The lowest BCUT2D eigenvalue weighted by Gasteiger charge is -2.39. The second-order valence-electron chi connectivity index (χ2n) is 5.21. The second kappa shape index (κ2) is 7.00. The van der Waals surface area contributed by atoms with Crippen molar-refractivity contribution in [3.05, 3.63) is 22.8 Å². The van der Waals surface area contributed by atoms with Crippen LogP contribution in [0, 0.1) is 0 Å². The van der Waals surface area contributed by atoms with Crippen molar-refractivity contribution >= 4 is 33.6 Å². The van der Waals surface area contributed by atoms with Gasteiger partial charge in [0.2, 0.25) is 11.8 Å². The molecule has 2 rings (SSSR count). The van der Waals surface area contributed by atoms with Gasteiger partial charge in [0, 0.05) is 43.3 Å². The van der Waals surface area contributed by atoms with Crippen molar-refractivity contribution in [3.8, 4) is 0 Å². The third kappa shape index (κ3) is 4.50. The largest absolute Gasteiger partial charge is 0.338 e. The van der Waals surface area contributed by atoms with Crippen LogP contribution < -0.4 is 5.32 Å². The number of pyridine rings is 1. The molecular formula is C14H19BrN4O2. The maximum Gasteiger partial charge on any atom is 0.239 e. The molecular weight excluding hydrogens is 336 g/mol. The molecule has 2 heterocycles. The van der Waals surface area contributed by atoms with E-state index in [0.29, 0.717) is 32.0 Å². The first kappa shape index (κ1) is 15.9.